The zero-order valence-corrected chi connectivity index (χ0v) is 23.1. The third kappa shape index (κ3) is 7.52. The predicted molar refractivity (Wildman–Crippen MR) is 148 cm³/mol. The molecule has 13 heteroatoms. The van der Waals surface area contributed by atoms with Crippen LogP contribution in [0, 0.1) is 18.7 Å². The lowest BCUT2D eigenvalue weighted by molar-refractivity contribution is -0.123. The molecular weight excluding hydrogens is 521 g/mol. The van der Waals surface area contributed by atoms with E-state index in [2.05, 4.69) is 25.6 Å². The Morgan fingerprint density at radius 3 is 2.62 bits per heavy atom. The van der Waals surface area contributed by atoms with Gasteiger partial charge in [0.15, 0.2) is 5.82 Å². The van der Waals surface area contributed by atoms with Crippen molar-refractivity contribution in [2.45, 2.75) is 52.6 Å². The van der Waals surface area contributed by atoms with Crippen molar-refractivity contribution in [3.05, 3.63) is 63.9 Å². The highest BCUT2D eigenvalue weighted by molar-refractivity contribution is 5.96. The van der Waals surface area contributed by atoms with Crippen LogP contribution in [0.5, 0.6) is 0 Å². The second kappa shape index (κ2) is 13.0. The van der Waals surface area contributed by atoms with Gasteiger partial charge in [-0.2, -0.15) is 0 Å². The van der Waals surface area contributed by atoms with Crippen LogP contribution in [-0.2, 0) is 22.6 Å². The molecular formula is C27H34FN7O5. The molecule has 4 N–H and O–H groups in total. The molecule has 12 nitrogen and oxygen atoms in total. The first kappa shape index (κ1) is 30.0. The van der Waals surface area contributed by atoms with Crippen LogP contribution in [0.1, 0.15) is 43.9 Å². The number of likely N-dealkylation sites (N-methyl/N-ethyl adjacent to an activating group) is 1. The third-order valence-electron chi connectivity index (χ3n) is 6.10. The number of aryl methyl sites for hydroxylation is 1. The Kier molecular flexibility index (Phi) is 9.75. The average Bonchev–Trinajstić information content (AvgIpc) is 3.31. The van der Waals surface area contributed by atoms with Gasteiger partial charge in [-0.25, -0.2) is 14.2 Å². The SMILES string of the molecule is Cc1ccc(NC(=O)C(CCC=CC(=O)N(C)C)NC(=O)O)c(=O)n1Cc1nc2c(F)cnc(CC(C)C)c2[nH]1. The first-order chi connectivity index (χ1) is 18.9. The van der Waals surface area contributed by atoms with Crippen molar-refractivity contribution in [2.24, 2.45) is 5.92 Å². The van der Waals surface area contributed by atoms with Gasteiger partial charge in [0.25, 0.3) is 5.56 Å². The van der Waals surface area contributed by atoms with E-state index in [1.807, 2.05) is 13.8 Å². The van der Waals surface area contributed by atoms with Crippen LogP contribution < -0.4 is 16.2 Å². The first-order valence-electron chi connectivity index (χ1n) is 12.8. The van der Waals surface area contributed by atoms with Gasteiger partial charge < -0.3 is 30.2 Å². The molecule has 0 fully saturated rings. The smallest absolute Gasteiger partial charge is 0.405 e. The number of carboxylic acid groups (broad SMARTS) is 1. The largest absolute Gasteiger partial charge is 0.465 e. The monoisotopic (exact) mass is 555 g/mol. The molecule has 40 heavy (non-hydrogen) atoms. The zero-order valence-electron chi connectivity index (χ0n) is 23.1. The topological polar surface area (TPSA) is 162 Å². The summed E-state index contributed by atoms with van der Waals surface area (Å²) in [4.78, 5) is 62.2. The molecule has 0 radical (unpaired) electrons. The fourth-order valence-electron chi connectivity index (χ4n) is 4.03. The molecule has 0 aliphatic heterocycles. The van der Waals surface area contributed by atoms with Crippen LogP contribution in [0.25, 0.3) is 11.0 Å². The van der Waals surface area contributed by atoms with Gasteiger partial charge in [-0.1, -0.05) is 19.9 Å². The standard InChI is InChI=1S/C27H34FN7O5/c1-15(2)12-20-24-23(17(28)13-29-20)32-21(33-24)14-35-16(3)10-11-19(26(35)38)30-25(37)18(31-27(39)40)8-6-7-9-22(36)34(4)5/h7,9-11,13,15,18,31H,6,8,12,14H2,1-5H3,(H,30,37)(H,32,33)(H,39,40). The Balaban J connectivity index is 1.82. The number of carbonyl (C=O) groups excluding carboxylic acids is 2. The number of nitrogens with one attached hydrogen (secondary N) is 3. The Hall–Kier alpha value is -4.55. The molecule has 3 aromatic rings. The molecule has 0 saturated heterocycles. The van der Waals surface area contributed by atoms with E-state index >= 15 is 0 Å². The van der Waals surface area contributed by atoms with E-state index in [1.54, 1.807) is 33.2 Å². The Bertz CT molecular complexity index is 1490. The van der Waals surface area contributed by atoms with Crippen molar-refractivity contribution in [1.82, 2.24) is 29.7 Å². The molecule has 0 saturated carbocycles. The highest BCUT2D eigenvalue weighted by atomic mass is 19.1. The van der Waals surface area contributed by atoms with Crippen LogP contribution in [0.3, 0.4) is 0 Å². The van der Waals surface area contributed by atoms with Crippen LogP contribution in [-0.4, -0.2) is 67.6 Å². The summed E-state index contributed by atoms with van der Waals surface area (Å²) in [6, 6.07) is 1.89. The first-order valence-corrected chi connectivity index (χ1v) is 12.8. The summed E-state index contributed by atoms with van der Waals surface area (Å²) in [6.07, 6.45) is 3.53. The molecule has 3 rings (SSSR count). The summed E-state index contributed by atoms with van der Waals surface area (Å²) in [6.45, 7) is 5.73. The lowest BCUT2D eigenvalue weighted by Crippen LogP contribution is -2.44. The minimum Gasteiger partial charge on any atom is -0.465 e. The van der Waals surface area contributed by atoms with Gasteiger partial charge in [-0.15, -0.1) is 0 Å². The van der Waals surface area contributed by atoms with Crippen LogP contribution >= 0.6 is 0 Å². The molecule has 0 aliphatic rings. The van der Waals surface area contributed by atoms with Crippen LogP contribution in [0.4, 0.5) is 14.9 Å². The fraction of sp³-hybridized carbons (Fsp3) is 0.407. The number of hydrogen-bond acceptors (Lipinski definition) is 6. The van der Waals surface area contributed by atoms with Crippen molar-refractivity contribution in [2.75, 3.05) is 19.4 Å². The van der Waals surface area contributed by atoms with Crippen LogP contribution in [0.15, 0.2) is 35.3 Å². The maximum absolute atomic E-state index is 14.4. The summed E-state index contributed by atoms with van der Waals surface area (Å²) in [5.41, 5.74) is 1.26. The minimum atomic E-state index is -1.40. The highest BCUT2D eigenvalue weighted by Gasteiger charge is 2.22. The number of pyridine rings is 2. The second-order valence-corrected chi connectivity index (χ2v) is 10.0. The van der Waals surface area contributed by atoms with Crippen molar-refractivity contribution in [3.8, 4) is 0 Å². The lowest BCUT2D eigenvalue weighted by atomic mass is 10.1. The quantitative estimate of drug-likeness (QED) is 0.264. The summed E-state index contributed by atoms with van der Waals surface area (Å²) in [7, 11) is 3.19. The van der Waals surface area contributed by atoms with Gasteiger partial charge in [0.1, 0.15) is 23.1 Å². The molecule has 3 aromatic heterocycles. The number of H-pyrrole nitrogens is 1. The van der Waals surface area contributed by atoms with E-state index in [4.69, 9.17) is 0 Å². The number of imidazole rings is 1. The van der Waals surface area contributed by atoms with Gasteiger partial charge in [0.05, 0.1) is 24.0 Å². The lowest BCUT2D eigenvalue weighted by Gasteiger charge is -2.17. The normalized spacial score (nSPS) is 12.2. The molecule has 0 aromatic carbocycles. The van der Waals surface area contributed by atoms with Gasteiger partial charge in [0.2, 0.25) is 11.8 Å². The summed E-state index contributed by atoms with van der Waals surface area (Å²) >= 11 is 0. The van der Waals surface area contributed by atoms with E-state index in [0.717, 1.165) is 6.20 Å². The van der Waals surface area contributed by atoms with Gasteiger partial charge in [0, 0.05) is 19.8 Å². The molecule has 0 aliphatic carbocycles. The van der Waals surface area contributed by atoms with E-state index in [1.165, 1.54) is 21.6 Å². The number of nitrogens with zero attached hydrogens (tertiary/aromatic N) is 4. The number of aromatic nitrogens is 4. The van der Waals surface area contributed by atoms with Gasteiger partial charge in [-0.05, 0) is 50.3 Å². The van der Waals surface area contributed by atoms with E-state index in [9.17, 15) is 28.7 Å². The van der Waals surface area contributed by atoms with Gasteiger partial charge in [-0.3, -0.25) is 19.4 Å². The third-order valence-corrected chi connectivity index (χ3v) is 6.10. The number of fused-ring (bicyclic) bond motifs is 1. The van der Waals surface area contributed by atoms with E-state index < -0.39 is 29.4 Å². The molecule has 0 spiro atoms. The Labute approximate surface area is 230 Å². The Morgan fingerprint density at radius 1 is 1.25 bits per heavy atom. The second-order valence-electron chi connectivity index (χ2n) is 10.0. The number of amides is 3. The maximum atomic E-state index is 14.4. The number of allylic oxidation sites excluding steroid dienone is 1. The van der Waals surface area contributed by atoms with Gasteiger partial charge >= 0.3 is 6.09 Å². The van der Waals surface area contributed by atoms with Crippen molar-refractivity contribution < 1.29 is 23.9 Å². The number of aromatic amines is 1. The summed E-state index contributed by atoms with van der Waals surface area (Å²) < 4.78 is 15.8. The number of carbonyl (C=O) groups is 3. The number of hydrogen-bond donors (Lipinski definition) is 4. The minimum absolute atomic E-state index is 0.0227. The molecule has 3 heterocycles. The molecule has 1 unspecified atom stereocenters. The number of rotatable bonds is 11. The molecule has 3 amide bonds. The highest BCUT2D eigenvalue weighted by Crippen LogP contribution is 2.21. The number of halogens is 1. The van der Waals surface area contributed by atoms with Crippen LogP contribution in [0.2, 0.25) is 0 Å². The van der Waals surface area contributed by atoms with E-state index in [-0.39, 0.29) is 42.4 Å². The zero-order chi connectivity index (χ0) is 29.6. The summed E-state index contributed by atoms with van der Waals surface area (Å²) in [5, 5.41) is 13.8. The summed E-state index contributed by atoms with van der Waals surface area (Å²) in [5.74, 6) is -0.920. The average molecular weight is 556 g/mol. The van der Waals surface area contributed by atoms with Crippen molar-refractivity contribution in [1.29, 1.82) is 0 Å². The molecule has 214 valence electrons. The fourth-order valence-corrected chi connectivity index (χ4v) is 4.03. The maximum Gasteiger partial charge on any atom is 0.405 e. The Morgan fingerprint density at radius 2 is 1.98 bits per heavy atom. The number of anilines is 1. The van der Waals surface area contributed by atoms with E-state index in [0.29, 0.717) is 29.1 Å². The molecule has 1 atom stereocenters. The molecule has 0 bridgehead atoms. The van der Waals surface area contributed by atoms with Crippen molar-refractivity contribution >= 4 is 34.6 Å². The predicted octanol–water partition coefficient (Wildman–Crippen LogP) is 2.81. The van der Waals surface area contributed by atoms with Crippen molar-refractivity contribution in [3.63, 3.8) is 0 Å².